The van der Waals surface area contributed by atoms with Crippen LogP contribution in [0.1, 0.15) is 0 Å². The van der Waals surface area contributed by atoms with Crippen LogP contribution in [0.15, 0.2) is 28.3 Å². The van der Waals surface area contributed by atoms with Gasteiger partial charge in [0.2, 0.25) is 11.5 Å². The summed E-state index contributed by atoms with van der Waals surface area (Å²) in [6.45, 7) is 4.18. The van der Waals surface area contributed by atoms with E-state index in [0.29, 0.717) is 21.0 Å². The van der Waals surface area contributed by atoms with Crippen molar-refractivity contribution in [1.82, 2.24) is 19.7 Å². The first kappa shape index (κ1) is 13.5. The minimum absolute atomic E-state index is 0.177. The Kier molecular flexibility index (Phi) is 4.12. The predicted octanol–water partition coefficient (Wildman–Crippen LogP) is 1.93. The van der Waals surface area contributed by atoms with Crippen LogP contribution in [0.3, 0.4) is 0 Å². The molecule has 8 nitrogen and oxygen atoms in total. The Balaban J connectivity index is 2.17. The van der Waals surface area contributed by atoms with Gasteiger partial charge in [0, 0.05) is 13.6 Å². The van der Waals surface area contributed by atoms with Crippen LogP contribution < -0.4 is 5.32 Å². The summed E-state index contributed by atoms with van der Waals surface area (Å²) in [7, 11) is 1.69. The second kappa shape index (κ2) is 5.80. The van der Waals surface area contributed by atoms with E-state index in [-0.39, 0.29) is 5.82 Å². The average Bonchev–Trinajstić information content (AvgIpc) is 2.96. The van der Waals surface area contributed by atoms with Crippen molar-refractivity contribution in [2.24, 2.45) is 7.05 Å². The normalized spacial score (nSPS) is 10.4. The number of anilines is 1. The van der Waals surface area contributed by atoms with Gasteiger partial charge in [0.05, 0.1) is 0 Å². The maximum absolute atomic E-state index is 10.8. The van der Waals surface area contributed by atoms with Gasteiger partial charge in [-0.1, -0.05) is 17.4 Å². The molecule has 0 amide bonds. The van der Waals surface area contributed by atoms with Crippen LogP contribution in [0.5, 0.6) is 0 Å². The smallest absolute Gasteiger partial charge is 0.358 e. The summed E-state index contributed by atoms with van der Waals surface area (Å²) in [6.07, 6.45) is 3.11. The molecule has 2 rings (SSSR count). The molecule has 0 aliphatic heterocycles. The van der Waals surface area contributed by atoms with Crippen molar-refractivity contribution in [3.63, 3.8) is 0 Å². The fraction of sp³-hybridized carbons (Fsp3) is 0.222. The maximum atomic E-state index is 10.8. The number of hydrogen-bond acceptors (Lipinski definition) is 8. The zero-order valence-electron chi connectivity index (χ0n) is 9.94. The van der Waals surface area contributed by atoms with E-state index >= 15 is 0 Å². The molecule has 10 heteroatoms. The second-order valence-corrected chi connectivity index (χ2v) is 5.60. The lowest BCUT2D eigenvalue weighted by molar-refractivity contribution is -0.392. The van der Waals surface area contributed by atoms with E-state index in [9.17, 15) is 10.1 Å². The Morgan fingerprint density at radius 1 is 1.68 bits per heavy atom. The van der Waals surface area contributed by atoms with Crippen molar-refractivity contribution in [2.45, 2.75) is 9.37 Å². The second-order valence-electron chi connectivity index (χ2n) is 3.39. The molecule has 0 atom stereocenters. The highest BCUT2D eigenvalue weighted by atomic mass is 32.2. The first-order chi connectivity index (χ1) is 9.11. The van der Waals surface area contributed by atoms with Gasteiger partial charge in [-0.3, -0.25) is 0 Å². The summed E-state index contributed by atoms with van der Waals surface area (Å²) in [6, 6.07) is 0. The van der Waals surface area contributed by atoms with Crippen molar-refractivity contribution >= 4 is 34.0 Å². The molecule has 0 radical (unpaired) electrons. The number of nitrogens with one attached hydrogen (secondary N) is 1. The summed E-state index contributed by atoms with van der Waals surface area (Å²) in [5.74, 6) is -0.177. The number of imidazole rings is 1. The summed E-state index contributed by atoms with van der Waals surface area (Å²) >= 11 is 2.49. The third-order valence-electron chi connectivity index (χ3n) is 2.03. The topological polar surface area (TPSA) is 98.8 Å². The number of aromatic nitrogens is 4. The molecule has 0 aliphatic rings. The van der Waals surface area contributed by atoms with E-state index in [2.05, 4.69) is 27.1 Å². The van der Waals surface area contributed by atoms with Gasteiger partial charge >= 0.3 is 5.82 Å². The third kappa shape index (κ3) is 3.09. The van der Waals surface area contributed by atoms with Crippen molar-refractivity contribution in [3.8, 4) is 0 Å². The van der Waals surface area contributed by atoms with Crippen LogP contribution in [0.4, 0.5) is 10.9 Å². The molecule has 0 saturated heterocycles. The lowest BCUT2D eigenvalue weighted by atomic mass is 10.6. The minimum Gasteiger partial charge on any atom is -0.358 e. The molecule has 19 heavy (non-hydrogen) atoms. The van der Waals surface area contributed by atoms with Crippen LogP contribution in [-0.4, -0.2) is 31.2 Å². The molecular weight excluding hydrogens is 288 g/mol. The van der Waals surface area contributed by atoms with E-state index in [0.717, 1.165) is 0 Å². The van der Waals surface area contributed by atoms with E-state index in [1.54, 1.807) is 17.7 Å². The van der Waals surface area contributed by atoms with Crippen molar-refractivity contribution in [2.75, 3.05) is 11.9 Å². The predicted molar refractivity (Wildman–Crippen MR) is 72.6 cm³/mol. The van der Waals surface area contributed by atoms with Gasteiger partial charge < -0.3 is 20.0 Å². The highest BCUT2D eigenvalue weighted by Crippen LogP contribution is 2.36. The van der Waals surface area contributed by atoms with E-state index in [1.807, 2.05) is 0 Å². The summed E-state index contributed by atoms with van der Waals surface area (Å²) < 4.78 is 2.19. The molecule has 2 heterocycles. The van der Waals surface area contributed by atoms with Gasteiger partial charge in [-0.15, -0.1) is 16.8 Å². The van der Waals surface area contributed by atoms with Gasteiger partial charge in [-0.25, -0.2) is 0 Å². The molecule has 0 bridgehead atoms. The molecule has 0 aliphatic carbocycles. The molecular formula is C9H10N6O2S2. The van der Waals surface area contributed by atoms with Crippen molar-refractivity contribution in [1.29, 1.82) is 0 Å². The summed E-state index contributed by atoms with van der Waals surface area (Å²) in [4.78, 5) is 14.1. The standard InChI is InChI=1S/C9H10N6O2S2/c1-3-4-10-8-12-13-9(19-8)18-7-6(15(16)17)11-5-14(7)2/h3,5H,1,4H2,2H3,(H,10,12). The largest absolute Gasteiger partial charge is 0.396 e. The lowest BCUT2D eigenvalue weighted by Crippen LogP contribution is -1.96. The molecule has 0 fully saturated rings. The third-order valence-corrected chi connectivity index (χ3v) is 4.12. The monoisotopic (exact) mass is 298 g/mol. The number of nitrogens with zero attached hydrogens (tertiary/aromatic N) is 5. The van der Waals surface area contributed by atoms with Crippen LogP contribution >= 0.6 is 23.1 Å². The van der Waals surface area contributed by atoms with Crippen LogP contribution in [0, 0.1) is 10.1 Å². The van der Waals surface area contributed by atoms with Crippen LogP contribution in [0.25, 0.3) is 0 Å². The number of nitro groups is 1. The first-order valence-corrected chi connectivity index (χ1v) is 6.77. The highest BCUT2D eigenvalue weighted by molar-refractivity contribution is 8.01. The maximum Gasteiger partial charge on any atom is 0.396 e. The zero-order chi connectivity index (χ0) is 13.8. The molecule has 1 N–H and O–H groups in total. The number of hydrogen-bond donors (Lipinski definition) is 1. The minimum atomic E-state index is -0.514. The molecule has 100 valence electrons. The van der Waals surface area contributed by atoms with Gasteiger partial charge in [0.15, 0.2) is 9.37 Å². The number of rotatable bonds is 6. The fourth-order valence-electron chi connectivity index (χ4n) is 1.21. The van der Waals surface area contributed by atoms with E-state index in [1.165, 1.54) is 29.4 Å². The Hall–Kier alpha value is -1.94. The average molecular weight is 298 g/mol. The van der Waals surface area contributed by atoms with Crippen molar-refractivity contribution < 1.29 is 4.92 Å². The van der Waals surface area contributed by atoms with Gasteiger partial charge in [-0.2, -0.15) is 0 Å². The SMILES string of the molecule is C=CCNc1nnc(Sc2c([N+](=O)[O-])ncn2C)s1. The Morgan fingerprint density at radius 2 is 2.47 bits per heavy atom. The first-order valence-electron chi connectivity index (χ1n) is 5.13. The highest BCUT2D eigenvalue weighted by Gasteiger charge is 2.22. The molecule has 0 saturated carbocycles. The van der Waals surface area contributed by atoms with Gasteiger partial charge in [0.25, 0.3) is 0 Å². The van der Waals surface area contributed by atoms with Crippen LogP contribution in [-0.2, 0) is 7.05 Å². The quantitative estimate of drug-likeness (QED) is 0.494. The Bertz CT molecular complexity index is 608. The Labute approximate surface area is 116 Å². The Morgan fingerprint density at radius 3 is 3.16 bits per heavy atom. The molecule has 2 aromatic heterocycles. The van der Waals surface area contributed by atoms with Gasteiger partial charge in [0.1, 0.15) is 0 Å². The zero-order valence-corrected chi connectivity index (χ0v) is 11.6. The number of aryl methyl sites for hydroxylation is 1. The van der Waals surface area contributed by atoms with Crippen LogP contribution in [0.2, 0.25) is 0 Å². The fourth-order valence-corrected chi connectivity index (χ4v) is 3.00. The molecule has 2 aromatic rings. The van der Waals surface area contributed by atoms with E-state index < -0.39 is 4.92 Å². The van der Waals surface area contributed by atoms with E-state index in [4.69, 9.17) is 0 Å². The summed E-state index contributed by atoms with van der Waals surface area (Å²) in [5.41, 5.74) is 0. The summed E-state index contributed by atoms with van der Waals surface area (Å²) in [5, 5.41) is 22.8. The van der Waals surface area contributed by atoms with Gasteiger partial charge in [-0.05, 0) is 21.7 Å². The van der Waals surface area contributed by atoms with Crippen molar-refractivity contribution in [3.05, 3.63) is 29.1 Å². The molecule has 0 aromatic carbocycles. The molecule has 0 spiro atoms. The molecule has 0 unspecified atom stereocenters. The lowest BCUT2D eigenvalue weighted by Gasteiger charge is -1.97.